The maximum Gasteiger partial charge on any atom is 0.256 e. The number of hydrogen-bond acceptors (Lipinski definition) is 1. The normalized spacial score (nSPS) is 17.6. The lowest BCUT2D eigenvalue weighted by molar-refractivity contribution is 0.0735. The predicted molar refractivity (Wildman–Crippen MR) is 95.4 cm³/mol. The van der Waals surface area contributed by atoms with Crippen molar-refractivity contribution >= 4 is 32.7 Å². The number of hydrogen-bond donors (Lipinski definition) is 1. The highest BCUT2D eigenvalue weighted by atomic mass is 79.9. The lowest BCUT2D eigenvalue weighted by Crippen LogP contribution is -2.30. The summed E-state index contributed by atoms with van der Waals surface area (Å²) in [5.41, 5.74) is 2.15. The van der Waals surface area contributed by atoms with Crippen molar-refractivity contribution in [1.29, 1.82) is 0 Å². The van der Waals surface area contributed by atoms with E-state index in [1.807, 2.05) is 24.3 Å². The molecule has 1 atom stereocenters. The monoisotopic (exact) mass is 386 g/mol. The number of benzene rings is 2. The standard InChI is InChI=1S/C19H16BrFN2O/c20-12-7-8-13-15(11-22-17(13)10-12)19(24)23-9-3-6-18(23)14-4-1-2-5-16(14)21/h1-2,4-5,7-8,10-11,18,22H,3,6,9H2/t18-/m1/s1. The van der Waals surface area contributed by atoms with Crippen molar-refractivity contribution in [2.45, 2.75) is 18.9 Å². The number of carbonyl (C=O) groups is 1. The number of aromatic amines is 1. The Morgan fingerprint density at radius 1 is 1.25 bits per heavy atom. The van der Waals surface area contributed by atoms with Gasteiger partial charge in [-0.05, 0) is 31.0 Å². The van der Waals surface area contributed by atoms with Crippen LogP contribution in [0, 0.1) is 5.82 Å². The molecule has 5 heteroatoms. The molecule has 0 unspecified atom stereocenters. The van der Waals surface area contributed by atoms with Crippen molar-refractivity contribution < 1.29 is 9.18 Å². The van der Waals surface area contributed by atoms with Crippen molar-refractivity contribution in [2.24, 2.45) is 0 Å². The van der Waals surface area contributed by atoms with Gasteiger partial charge >= 0.3 is 0 Å². The number of carbonyl (C=O) groups excluding carboxylic acids is 1. The second-order valence-electron chi connectivity index (χ2n) is 6.07. The van der Waals surface area contributed by atoms with Crippen LogP contribution in [0.15, 0.2) is 53.1 Å². The van der Waals surface area contributed by atoms with Crippen LogP contribution in [0.3, 0.4) is 0 Å². The average molecular weight is 387 g/mol. The molecule has 0 saturated carbocycles. The maximum absolute atomic E-state index is 14.2. The Bertz CT molecular complexity index is 921. The number of aromatic nitrogens is 1. The van der Waals surface area contributed by atoms with Crippen LogP contribution in [0.2, 0.25) is 0 Å². The summed E-state index contributed by atoms with van der Waals surface area (Å²) in [7, 11) is 0. The third kappa shape index (κ3) is 2.53. The van der Waals surface area contributed by atoms with Gasteiger partial charge < -0.3 is 9.88 Å². The summed E-state index contributed by atoms with van der Waals surface area (Å²) in [6.07, 6.45) is 3.43. The molecule has 1 aliphatic heterocycles. The fraction of sp³-hybridized carbons (Fsp3) is 0.211. The van der Waals surface area contributed by atoms with E-state index in [0.29, 0.717) is 17.7 Å². The molecule has 1 aliphatic rings. The number of nitrogens with zero attached hydrogens (tertiary/aromatic N) is 1. The Balaban J connectivity index is 1.71. The molecule has 2 heterocycles. The van der Waals surface area contributed by atoms with E-state index in [1.165, 1.54) is 6.07 Å². The molecule has 0 spiro atoms. The van der Waals surface area contributed by atoms with Gasteiger partial charge in [0.05, 0.1) is 11.6 Å². The minimum absolute atomic E-state index is 0.0469. The quantitative estimate of drug-likeness (QED) is 0.657. The van der Waals surface area contributed by atoms with Crippen LogP contribution in [0.4, 0.5) is 4.39 Å². The zero-order valence-corrected chi connectivity index (χ0v) is 14.5. The summed E-state index contributed by atoms with van der Waals surface area (Å²) >= 11 is 3.44. The zero-order valence-electron chi connectivity index (χ0n) is 12.9. The molecule has 4 rings (SSSR count). The average Bonchev–Trinajstić information content (AvgIpc) is 3.21. The van der Waals surface area contributed by atoms with Gasteiger partial charge in [0.15, 0.2) is 0 Å². The topological polar surface area (TPSA) is 36.1 Å². The van der Waals surface area contributed by atoms with Crippen molar-refractivity contribution in [1.82, 2.24) is 9.88 Å². The third-order valence-corrected chi connectivity index (χ3v) is 5.15. The molecule has 0 bridgehead atoms. The molecule has 1 fully saturated rings. The summed E-state index contributed by atoms with van der Waals surface area (Å²) < 4.78 is 15.1. The van der Waals surface area contributed by atoms with Crippen LogP contribution in [0.5, 0.6) is 0 Å². The number of nitrogens with one attached hydrogen (secondary N) is 1. The van der Waals surface area contributed by atoms with Crippen LogP contribution >= 0.6 is 15.9 Å². The Morgan fingerprint density at radius 2 is 2.08 bits per heavy atom. The highest BCUT2D eigenvalue weighted by Crippen LogP contribution is 2.35. The van der Waals surface area contributed by atoms with E-state index in [0.717, 1.165) is 28.2 Å². The van der Waals surface area contributed by atoms with Gasteiger partial charge in [0.1, 0.15) is 5.82 Å². The first-order chi connectivity index (χ1) is 11.6. The van der Waals surface area contributed by atoms with Crippen molar-refractivity contribution in [3.63, 3.8) is 0 Å². The first-order valence-electron chi connectivity index (χ1n) is 7.97. The molecular weight excluding hydrogens is 371 g/mol. The van der Waals surface area contributed by atoms with Crippen molar-refractivity contribution in [3.05, 3.63) is 70.1 Å². The van der Waals surface area contributed by atoms with Crippen LogP contribution in [-0.4, -0.2) is 22.3 Å². The number of halogens is 2. The predicted octanol–water partition coefficient (Wildman–Crippen LogP) is 5.05. The molecular formula is C19H16BrFN2O. The van der Waals surface area contributed by atoms with Gasteiger partial charge in [-0.25, -0.2) is 4.39 Å². The van der Waals surface area contributed by atoms with Gasteiger partial charge in [0.25, 0.3) is 5.91 Å². The second-order valence-corrected chi connectivity index (χ2v) is 6.99. The smallest absolute Gasteiger partial charge is 0.256 e. The molecule has 1 amide bonds. The lowest BCUT2D eigenvalue weighted by Gasteiger charge is -2.25. The highest BCUT2D eigenvalue weighted by molar-refractivity contribution is 9.10. The van der Waals surface area contributed by atoms with Gasteiger partial charge in [-0.15, -0.1) is 0 Å². The Hall–Kier alpha value is -2.14. The summed E-state index contributed by atoms with van der Waals surface area (Å²) in [5.74, 6) is -0.292. The van der Waals surface area contributed by atoms with Gasteiger partial charge in [-0.1, -0.05) is 40.2 Å². The van der Waals surface area contributed by atoms with Gasteiger partial charge in [-0.3, -0.25) is 4.79 Å². The van der Waals surface area contributed by atoms with Crippen LogP contribution in [0.1, 0.15) is 34.8 Å². The number of H-pyrrole nitrogens is 1. The van der Waals surface area contributed by atoms with Crippen LogP contribution < -0.4 is 0 Å². The highest BCUT2D eigenvalue weighted by Gasteiger charge is 2.33. The molecule has 0 aliphatic carbocycles. The number of likely N-dealkylation sites (tertiary alicyclic amines) is 1. The lowest BCUT2D eigenvalue weighted by atomic mass is 10.0. The zero-order chi connectivity index (χ0) is 16.7. The molecule has 1 N–H and O–H groups in total. The van der Waals surface area contributed by atoms with Crippen LogP contribution in [-0.2, 0) is 0 Å². The molecule has 122 valence electrons. The van der Waals surface area contributed by atoms with E-state index >= 15 is 0 Å². The summed E-state index contributed by atoms with van der Waals surface area (Å²) in [6, 6.07) is 12.3. The van der Waals surface area contributed by atoms with E-state index < -0.39 is 0 Å². The number of fused-ring (bicyclic) bond motifs is 1. The molecule has 2 aromatic carbocycles. The molecule has 3 aromatic rings. The number of amides is 1. The molecule has 0 radical (unpaired) electrons. The van der Waals surface area contributed by atoms with E-state index in [1.54, 1.807) is 23.2 Å². The SMILES string of the molecule is O=C(c1c[nH]c2cc(Br)ccc12)N1CCC[C@@H]1c1ccccc1F. The van der Waals surface area contributed by atoms with Gasteiger partial charge in [0.2, 0.25) is 0 Å². The Kier molecular flexibility index (Phi) is 3.88. The van der Waals surface area contributed by atoms with Crippen LogP contribution in [0.25, 0.3) is 10.9 Å². The fourth-order valence-corrected chi connectivity index (χ4v) is 3.87. The van der Waals surface area contributed by atoms with Gasteiger partial charge in [0, 0.05) is 33.7 Å². The number of rotatable bonds is 2. The molecule has 3 nitrogen and oxygen atoms in total. The first kappa shape index (κ1) is 15.4. The third-order valence-electron chi connectivity index (χ3n) is 4.65. The van der Waals surface area contributed by atoms with E-state index in [9.17, 15) is 9.18 Å². The van der Waals surface area contributed by atoms with Crippen molar-refractivity contribution in [2.75, 3.05) is 6.54 Å². The molecule has 24 heavy (non-hydrogen) atoms. The van der Waals surface area contributed by atoms with Crippen molar-refractivity contribution in [3.8, 4) is 0 Å². The largest absolute Gasteiger partial charge is 0.360 e. The Labute approximate surface area is 147 Å². The molecule has 1 saturated heterocycles. The second kappa shape index (κ2) is 6.06. The van der Waals surface area contributed by atoms with E-state index in [4.69, 9.17) is 0 Å². The summed E-state index contributed by atoms with van der Waals surface area (Å²) in [4.78, 5) is 18.0. The minimum Gasteiger partial charge on any atom is -0.360 e. The van der Waals surface area contributed by atoms with Gasteiger partial charge in [-0.2, -0.15) is 0 Å². The summed E-state index contributed by atoms with van der Waals surface area (Å²) in [5, 5.41) is 0.891. The summed E-state index contributed by atoms with van der Waals surface area (Å²) in [6.45, 7) is 0.654. The molecule has 1 aromatic heterocycles. The first-order valence-corrected chi connectivity index (χ1v) is 8.76. The van der Waals surface area contributed by atoms with E-state index in [2.05, 4.69) is 20.9 Å². The van der Waals surface area contributed by atoms with E-state index in [-0.39, 0.29) is 17.8 Å². The fourth-order valence-electron chi connectivity index (χ4n) is 3.51. The Morgan fingerprint density at radius 3 is 2.92 bits per heavy atom. The minimum atomic E-state index is -0.245. The maximum atomic E-state index is 14.2.